The van der Waals surface area contributed by atoms with Gasteiger partial charge in [-0.1, -0.05) is 23.8 Å². The Kier molecular flexibility index (Phi) is 5.35. The molecule has 2 amide bonds. The van der Waals surface area contributed by atoms with Gasteiger partial charge in [-0.05, 0) is 48.7 Å². The van der Waals surface area contributed by atoms with E-state index in [1.807, 2.05) is 19.1 Å². The molecule has 0 spiro atoms. The van der Waals surface area contributed by atoms with Crippen LogP contribution in [-0.2, 0) is 4.79 Å². The van der Waals surface area contributed by atoms with E-state index in [0.717, 1.165) is 29.7 Å². The average molecular weight is 370 g/mol. The number of amides is 2. The third kappa shape index (κ3) is 4.05. The minimum Gasteiger partial charge on any atom is -0.338 e. The van der Waals surface area contributed by atoms with Gasteiger partial charge in [0.05, 0.1) is 0 Å². The van der Waals surface area contributed by atoms with Crippen LogP contribution in [0.5, 0.6) is 0 Å². The number of nitrogens with one attached hydrogen (secondary N) is 1. The zero-order valence-corrected chi connectivity index (χ0v) is 15.2. The Hall–Kier alpha value is -3.02. The van der Waals surface area contributed by atoms with Crippen LogP contribution < -0.4 is 5.32 Å². The fourth-order valence-electron chi connectivity index (χ4n) is 3.13. The van der Waals surface area contributed by atoms with Gasteiger partial charge in [-0.2, -0.15) is 0 Å². The second-order valence-electron chi connectivity index (χ2n) is 6.58. The Morgan fingerprint density at radius 3 is 2.26 bits per heavy atom. The maximum Gasteiger partial charge on any atom is 0.261 e. The molecule has 0 radical (unpaired) electrons. The summed E-state index contributed by atoms with van der Waals surface area (Å²) in [5, 5.41) is 2.51. The summed E-state index contributed by atoms with van der Waals surface area (Å²) in [4.78, 5) is 25.6. The molecule has 0 unspecified atom stereocenters. The zero-order chi connectivity index (χ0) is 19.6. The van der Waals surface area contributed by atoms with E-state index in [-0.39, 0.29) is 5.91 Å². The first kappa shape index (κ1) is 18.8. The molecule has 1 N–H and O–H groups in total. The van der Waals surface area contributed by atoms with Crippen LogP contribution in [0.15, 0.2) is 48.0 Å². The molecular weight excluding hydrogens is 350 g/mol. The molecule has 4 nitrogen and oxygen atoms in total. The van der Waals surface area contributed by atoms with Crippen LogP contribution >= 0.6 is 0 Å². The van der Waals surface area contributed by atoms with Crippen LogP contribution in [0.1, 0.15) is 36.2 Å². The molecular formula is C21H20F2N2O2. The fraction of sp³-hybridized carbons (Fsp3) is 0.238. The van der Waals surface area contributed by atoms with Crippen LogP contribution in [-0.4, -0.2) is 29.8 Å². The summed E-state index contributed by atoms with van der Waals surface area (Å²) in [6.07, 6.45) is 0.819. The number of rotatable bonds is 3. The number of nitrogens with zero attached hydrogens (tertiary/aromatic N) is 1. The second-order valence-corrected chi connectivity index (χ2v) is 6.58. The van der Waals surface area contributed by atoms with E-state index in [1.54, 1.807) is 24.0 Å². The van der Waals surface area contributed by atoms with E-state index >= 15 is 0 Å². The normalized spacial score (nSPS) is 14.3. The fourth-order valence-corrected chi connectivity index (χ4v) is 3.13. The van der Waals surface area contributed by atoms with Crippen LogP contribution in [0.3, 0.4) is 0 Å². The lowest BCUT2D eigenvalue weighted by atomic mass is 9.95. The predicted molar refractivity (Wildman–Crippen MR) is 100 cm³/mol. The number of hydrogen-bond donors (Lipinski definition) is 1. The van der Waals surface area contributed by atoms with E-state index in [0.29, 0.717) is 18.8 Å². The number of halogens is 2. The molecule has 0 aromatic heterocycles. The number of anilines is 1. The van der Waals surface area contributed by atoms with Crippen LogP contribution in [0.2, 0.25) is 0 Å². The van der Waals surface area contributed by atoms with E-state index < -0.39 is 23.1 Å². The van der Waals surface area contributed by atoms with E-state index in [2.05, 4.69) is 5.32 Å². The summed E-state index contributed by atoms with van der Waals surface area (Å²) < 4.78 is 27.4. The Labute approximate surface area is 156 Å². The van der Waals surface area contributed by atoms with E-state index in [9.17, 15) is 18.4 Å². The highest BCUT2D eigenvalue weighted by atomic mass is 19.1. The lowest BCUT2D eigenvalue weighted by molar-refractivity contribution is -0.128. The summed E-state index contributed by atoms with van der Waals surface area (Å²) in [5.41, 5.74) is 3.08. The molecule has 2 aromatic carbocycles. The molecule has 0 bridgehead atoms. The monoisotopic (exact) mass is 370 g/mol. The Balaban J connectivity index is 1.78. The Morgan fingerprint density at radius 1 is 1.04 bits per heavy atom. The van der Waals surface area contributed by atoms with Crippen molar-refractivity contribution in [3.63, 3.8) is 0 Å². The summed E-state index contributed by atoms with van der Waals surface area (Å²) in [6.45, 7) is 4.86. The van der Waals surface area contributed by atoms with Gasteiger partial charge in [0.25, 0.3) is 5.91 Å². The number of benzene rings is 2. The first-order valence-corrected chi connectivity index (χ1v) is 8.66. The molecule has 140 valence electrons. The summed E-state index contributed by atoms with van der Waals surface area (Å²) >= 11 is 0. The molecule has 6 heteroatoms. The quantitative estimate of drug-likeness (QED) is 0.878. The maximum atomic E-state index is 13.7. The van der Waals surface area contributed by atoms with Gasteiger partial charge in [-0.25, -0.2) is 8.78 Å². The van der Waals surface area contributed by atoms with Gasteiger partial charge >= 0.3 is 0 Å². The molecule has 2 aromatic rings. The number of carbonyl (C=O) groups is 2. The van der Waals surface area contributed by atoms with E-state index in [4.69, 9.17) is 0 Å². The molecule has 0 saturated carbocycles. The van der Waals surface area contributed by atoms with Crippen molar-refractivity contribution in [3.05, 3.63) is 70.8 Å². The molecule has 0 atom stereocenters. The molecule has 1 heterocycles. The highest BCUT2D eigenvalue weighted by Crippen LogP contribution is 2.27. The maximum absolute atomic E-state index is 13.7. The lowest BCUT2D eigenvalue weighted by Gasteiger charge is -2.29. The van der Waals surface area contributed by atoms with Crippen molar-refractivity contribution in [3.8, 4) is 0 Å². The van der Waals surface area contributed by atoms with Gasteiger partial charge in [-0.15, -0.1) is 0 Å². The van der Waals surface area contributed by atoms with Gasteiger partial charge in [0, 0.05) is 25.7 Å². The smallest absolute Gasteiger partial charge is 0.261 e. The van der Waals surface area contributed by atoms with Crippen LogP contribution in [0.4, 0.5) is 14.5 Å². The standard InChI is InChI=1S/C21H20F2N2O2/c1-13-10-11-25(14(2)26)12-17(13)15-6-8-16(9-7-15)24-21(27)20-18(22)4-3-5-19(20)23/h3-9H,10-12H2,1-2H3,(H,24,27). The van der Waals surface area contributed by atoms with Crippen LogP contribution in [0.25, 0.3) is 5.57 Å². The second kappa shape index (κ2) is 7.70. The molecule has 0 saturated heterocycles. The highest BCUT2D eigenvalue weighted by Gasteiger charge is 2.20. The summed E-state index contributed by atoms with van der Waals surface area (Å²) in [5.74, 6) is -2.61. The van der Waals surface area contributed by atoms with Crippen molar-refractivity contribution in [2.24, 2.45) is 0 Å². The lowest BCUT2D eigenvalue weighted by Crippen LogP contribution is -2.34. The molecule has 1 aliphatic rings. The Bertz CT molecular complexity index is 900. The van der Waals surface area contributed by atoms with Gasteiger partial charge in [0.2, 0.25) is 5.91 Å². The Morgan fingerprint density at radius 2 is 1.67 bits per heavy atom. The molecule has 3 rings (SSSR count). The topological polar surface area (TPSA) is 49.4 Å². The van der Waals surface area contributed by atoms with Crippen molar-refractivity contribution >= 4 is 23.1 Å². The van der Waals surface area contributed by atoms with Crippen molar-refractivity contribution in [1.82, 2.24) is 4.90 Å². The SMILES string of the molecule is CC(=O)N1CCC(C)=C(c2ccc(NC(=O)c3c(F)cccc3F)cc2)C1. The first-order valence-electron chi connectivity index (χ1n) is 8.66. The molecule has 0 fully saturated rings. The van der Waals surface area contributed by atoms with Gasteiger partial charge in [0.15, 0.2) is 0 Å². The number of hydrogen-bond acceptors (Lipinski definition) is 2. The third-order valence-electron chi connectivity index (χ3n) is 4.75. The molecule has 27 heavy (non-hydrogen) atoms. The van der Waals surface area contributed by atoms with Crippen molar-refractivity contribution in [2.45, 2.75) is 20.3 Å². The van der Waals surface area contributed by atoms with Gasteiger partial charge in [0.1, 0.15) is 17.2 Å². The number of carbonyl (C=O) groups excluding carboxylic acids is 2. The average Bonchev–Trinajstić information content (AvgIpc) is 2.62. The minimum atomic E-state index is -0.906. The van der Waals surface area contributed by atoms with Crippen molar-refractivity contribution in [1.29, 1.82) is 0 Å². The predicted octanol–water partition coefficient (Wildman–Crippen LogP) is 4.24. The van der Waals surface area contributed by atoms with Crippen molar-refractivity contribution in [2.75, 3.05) is 18.4 Å². The minimum absolute atomic E-state index is 0.0378. The molecule has 1 aliphatic heterocycles. The highest BCUT2D eigenvalue weighted by molar-refractivity contribution is 6.04. The first-order chi connectivity index (χ1) is 12.9. The largest absolute Gasteiger partial charge is 0.338 e. The molecule has 0 aliphatic carbocycles. The summed E-state index contributed by atoms with van der Waals surface area (Å²) in [6, 6.07) is 10.3. The van der Waals surface area contributed by atoms with Gasteiger partial charge in [-0.3, -0.25) is 9.59 Å². The van der Waals surface area contributed by atoms with E-state index in [1.165, 1.54) is 11.6 Å². The van der Waals surface area contributed by atoms with Gasteiger partial charge < -0.3 is 10.2 Å². The third-order valence-corrected chi connectivity index (χ3v) is 4.75. The zero-order valence-electron chi connectivity index (χ0n) is 15.2. The summed E-state index contributed by atoms with van der Waals surface area (Å²) in [7, 11) is 0. The van der Waals surface area contributed by atoms with Crippen LogP contribution in [0, 0.1) is 11.6 Å². The van der Waals surface area contributed by atoms with Crippen molar-refractivity contribution < 1.29 is 18.4 Å².